The van der Waals surface area contributed by atoms with Gasteiger partial charge in [-0.25, -0.2) is 9.78 Å². The van der Waals surface area contributed by atoms with Crippen molar-refractivity contribution in [3.05, 3.63) is 52.6 Å². The van der Waals surface area contributed by atoms with Crippen LogP contribution >= 0.6 is 11.6 Å². The predicted octanol–water partition coefficient (Wildman–Crippen LogP) is 2.59. The first-order chi connectivity index (χ1) is 8.06. The highest BCUT2D eigenvalue weighted by Gasteiger charge is 2.08. The first-order valence-electron chi connectivity index (χ1n) is 5.07. The lowest BCUT2D eigenvalue weighted by Gasteiger charge is -2.05. The number of halogens is 1. The average Bonchev–Trinajstić information content (AvgIpc) is 2.64. The van der Waals surface area contributed by atoms with Gasteiger partial charge in [0.05, 0.1) is 5.56 Å². The monoisotopic (exact) mass is 250 g/mol. The lowest BCUT2D eigenvalue weighted by Crippen LogP contribution is -2.00. The molecular formula is C12H11ClN2O2. The minimum Gasteiger partial charge on any atom is -0.478 e. The van der Waals surface area contributed by atoms with E-state index in [1.165, 1.54) is 0 Å². The lowest BCUT2D eigenvalue weighted by atomic mass is 10.3. The topological polar surface area (TPSA) is 55.1 Å². The van der Waals surface area contributed by atoms with Gasteiger partial charge in [-0.3, -0.25) is 0 Å². The fourth-order valence-electron chi connectivity index (χ4n) is 1.60. The SMILES string of the molecule is Cc1cc(C(=O)O)cn1Cc1ccc(Cl)nc1. The van der Waals surface area contributed by atoms with Gasteiger partial charge < -0.3 is 9.67 Å². The number of rotatable bonds is 3. The summed E-state index contributed by atoms with van der Waals surface area (Å²) in [6, 6.07) is 5.23. The number of hydrogen-bond acceptors (Lipinski definition) is 2. The van der Waals surface area contributed by atoms with E-state index in [-0.39, 0.29) is 0 Å². The number of aromatic carboxylic acids is 1. The largest absolute Gasteiger partial charge is 0.478 e. The maximum atomic E-state index is 10.8. The summed E-state index contributed by atoms with van der Waals surface area (Å²) < 4.78 is 1.87. The van der Waals surface area contributed by atoms with Crippen LogP contribution in [0.4, 0.5) is 0 Å². The van der Waals surface area contributed by atoms with Crippen molar-refractivity contribution in [2.75, 3.05) is 0 Å². The van der Waals surface area contributed by atoms with Crippen molar-refractivity contribution in [2.24, 2.45) is 0 Å². The van der Waals surface area contributed by atoms with Gasteiger partial charge in [0, 0.05) is 24.6 Å². The summed E-state index contributed by atoms with van der Waals surface area (Å²) in [7, 11) is 0. The van der Waals surface area contributed by atoms with E-state index >= 15 is 0 Å². The minimum absolute atomic E-state index is 0.296. The molecule has 5 heteroatoms. The van der Waals surface area contributed by atoms with Crippen LogP contribution < -0.4 is 0 Å². The van der Waals surface area contributed by atoms with Gasteiger partial charge in [0.2, 0.25) is 0 Å². The smallest absolute Gasteiger partial charge is 0.337 e. The lowest BCUT2D eigenvalue weighted by molar-refractivity contribution is 0.0697. The summed E-state index contributed by atoms with van der Waals surface area (Å²) >= 11 is 5.70. The summed E-state index contributed by atoms with van der Waals surface area (Å²) in [5.41, 5.74) is 2.17. The molecule has 0 spiro atoms. The fourth-order valence-corrected chi connectivity index (χ4v) is 1.71. The fraction of sp³-hybridized carbons (Fsp3) is 0.167. The van der Waals surface area contributed by atoms with Gasteiger partial charge in [-0.1, -0.05) is 17.7 Å². The van der Waals surface area contributed by atoms with Crippen LogP contribution in [0.15, 0.2) is 30.6 Å². The second-order valence-corrected chi connectivity index (χ2v) is 4.18. The number of carboxylic acid groups (broad SMARTS) is 1. The van der Waals surface area contributed by atoms with Crippen molar-refractivity contribution >= 4 is 17.6 Å². The summed E-state index contributed by atoms with van der Waals surface area (Å²) in [4.78, 5) is 14.8. The molecule has 17 heavy (non-hydrogen) atoms. The Bertz CT molecular complexity index is 546. The number of pyridine rings is 1. The van der Waals surface area contributed by atoms with Crippen molar-refractivity contribution in [3.8, 4) is 0 Å². The number of carboxylic acids is 1. The second kappa shape index (κ2) is 4.59. The Morgan fingerprint density at radius 2 is 2.29 bits per heavy atom. The molecule has 2 aromatic rings. The second-order valence-electron chi connectivity index (χ2n) is 3.79. The van der Waals surface area contributed by atoms with Gasteiger partial charge in [-0.15, -0.1) is 0 Å². The van der Waals surface area contributed by atoms with Crippen LogP contribution in [0.25, 0.3) is 0 Å². The van der Waals surface area contributed by atoms with Crippen LogP contribution in [0.2, 0.25) is 5.15 Å². The molecule has 0 atom stereocenters. The molecule has 0 unspecified atom stereocenters. The van der Waals surface area contributed by atoms with E-state index in [2.05, 4.69) is 4.98 Å². The number of aromatic nitrogens is 2. The van der Waals surface area contributed by atoms with E-state index in [1.54, 1.807) is 24.5 Å². The Labute approximate surface area is 103 Å². The van der Waals surface area contributed by atoms with Crippen molar-refractivity contribution in [3.63, 3.8) is 0 Å². The first kappa shape index (κ1) is 11.7. The molecule has 0 bridgehead atoms. The molecular weight excluding hydrogens is 240 g/mol. The quantitative estimate of drug-likeness (QED) is 0.852. The number of nitrogens with zero attached hydrogens (tertiary/aromatic N) is 2. The molecule has 0 aromatic carbocycles. The Balaban J connectivity index is 2.24. The van der Waals surface area contributed by atoms with Crippen LogP contribution in [0.3, 0.4) is 0 Å². The third-order valence-corrected chi connectivity index (χ3v) is 2.72. The van der Waals surface area contributed by atoms with Gasteiger partial charge in [0.25, 0.3) is 0 Å². The number of carbonyl (C=O) groups is 1. The normalized spacial score (nSPS) is 10.5. The van der Waals surface area contributed by atoms with E-state index in [9.17, 15) is 4.79 Å². The highest BCUT2D eigenvalue weighted by atomic mass is 35.5. The zero-order valence-corrected chi connectivity index (χ0v) is 9.98. The van der Waals surface area contributed by atoms with E-state index in [1.807, 2.05) is 17.6 Å². The molecule has 0 amide bonds. The van der Waals surface area contributed by atoms with E-state index in [0.29, 0.717) is 17.3 Å². The molecule has 0 aliphatic carbocycles. The molecule has 0 fully saturated rings. The van der Waals surface area contributed by atoms with Gasteiger partial charge in [0.1, 0.15) is 5.15 Å². The van der Waals surface area contributed by atoms with Gasteiger partial charge in [-0.05, 0) is 24.6 Å². The van der Waals surface area contributed by atoms with E-state index in [4.69, 9.17) is 16.7 Å². The van der Waals surface area contributed by atoms with Crippen LogP contribution in [0.1, 0.15) is 21.6 Å². The van der Waals surface area contributed by atoms with Crippen LogP contribution in [0.5, 0.6) is 0 Å². The molecule has 2 rings (SSSR count). The third-order valence-electron chi connectivity index (χ3n) is 2.50. The van der Waals surface area contributed by atoms with Crippen molar-refractivity contribution in [2.45, 2.75) is 13.5 Å². The van der Waals surface area contributed by atoms with Crippen LogP contribution in [-0.4, -0.2) is 20.6 Å². The molecule has 0 saturated heterocycles. The molecule has 1 N–H and O–H groups in total. The number of hydrogen-bond donors (Lipinski definition) is 1. The molecule has 2 aromatic heterocycles. The molecule has 2 heterocycles. The van der Waals surface area contributed by atoms with Crippen LogP contribution in [0, 0.1) is 6.92 Å². The Morgan fingerprint density at radius 1 is 1.53 bits per heavy atom. The van der Waals surface area contributed by atoms with Gasteiger partial charge in [-0.2, -0.15) is 0 Å². The van der Waals surface area contributed by atoms with Gasteiger partial charge in [0.15, 0.2) is 0 Å². The summed E-state index contributed by atoms with van der Waals surface area (Å²) in [6.07, 6.45) is 3.30. The van der Waals surface area contributed by atoms with E-state index < -0.39 is 5.97 Å². The summed E-state index contributed by atoms with van der Waals surface area (Å²) in [5.74, 6) is -0.916. The first-order valence-corrected chi connectivity index (χ1v) is 5.44. The molecule has 88 valence electrons. The zero-order chi connectivity index (χ0) is 12.4. The van der Waals surface area contributed by atoms with Gasteiger partial charge >= 0.3 is 5.97 Å². The predicted molar refractivity (Wildman–Crippen MR) is 64.5 cm³/mol. The molecule has 0 radical (unpaired) electrons. The molecule has 0 aliphatic rings. The molecule has 0 saturated carbocycles. The maximum absolute atomic E-state index is 10.8. The standard InChI is InChI=1S/C12H11ClN2O2/c1-8-4-10(12(16)17)7-15(8)6-9-2-3-11(13)14-5-9/h2-5,7H,6H2,1H3,(H,16,17). The van der Waals surface area contributed by atoms with Crippen molar-refractivity contribution in [1.82, 2.24) is 9.55 Å². The minimum atomic E-state index is -0.916. The average molecular weight is 251 g/mol. The zero-order valence-electron chi connectivity index (χ0n) is 9.22. The Morgan fingerprint density at radius 3 is 2.82 bits per heavy atom. The summed E-state index contributed by atoms with van der Waals surface area (Å²) in [6.45, 7) is 2.46. The number of aryl methyl sites for hydroxylation is 1. The van der Waals surface area contributed by atoms with E-state index in [0.717, 1.165) is 11.3 Å². The summed E-state index contributed by atoms with van der Waals surface area (Å²) in [5, 5.41) is 9.33. The molecule has 0 aliphatic heterocycles. The Hall–Kier alpha value is -1.81. The van der Waals surface area contributed by atoms with Crippen molar-refractivity contribution in [1.29, 1.82) is 0 Å². The molecule has 4 nitrogen and oxygen atoms in total. The van der Waals surface area contributed by atoms with Crippen LogP contribution in [-0.2, 0) is 6.54 Å². The maximum Gasteiger partial charge on any atom is 0.337 e. The third kappa shape index (κ3) is 2.65. The highest BCUT2D eigenvalue weighted by molar-refractivity contribution is 6.29. The highest BCUT2D eigenvalue weighted by Crippen LogP contribution is 2.12. The Kier molecular flexibility index (Phi) is 3.15. The van der Waals surface area contributed by atoms with Crippen molar-refractivity contribution < 1.29 is 9.90 Å².